The van der Waals surface area contributed by atoms with E-state index < -0.39 is 5.60 Å². The second-order valence-electron chi connectivity index (χ2n) is 9.09. The lowest BCUT2D eigenvalue weighted by Crippen LogP contribution is -2.22. The van der Waals surface area contributed by atoms with E-state index in [1.807, 2.05) is 6.92 Å². The third-order valence-corrected chi connectivity index (χ3v) is 5.11. The molecule has 1 aliphatic rings. The van der Waals surface area contributed by atoms with Gasteiger partial charge in [-0.05, 0) is 51.1 Å². The van der Waals surface area contributed by atoms with Crippen molar-refractivity contribution in [3.63, 3.8) is 0 Å². The van der Waals surface area contributed by atoms with Crippen molar-refractivity contribution in [2.24, 2.45) is 0 Å². The molecular weight excluding hydrogens is 280 g/mol. The number of rotatable bonds is 0. The van der Waals surface area contributed by atoms with Gasteiger partial charge in [-0.1, -0.05) is 77.9 Å². The largest absolute Gasteiger partial charge is 0.381 e. The maximum atomic E-state index is 11.3. The molecule has 0 fully saturated rings. The van der Waals surface area contributed by atoms with Crippen molar-refractivity contribution in [1.82, 2.24) is 0 Å². The van der Waals surface area contributed by atoms with Crippen LogP contribution in [0.5, 0.6) is 0 Å². The second kappa shape index (κ2) is 4.70. The lowest BCUT2D eigenvalue weighted by Gasteiger charge is -2.25. The van der Waals surface area contributed by atoms with Crippen LogP contribution in [0.2, 0.25) is 0 Å². The van der Waals surface area contributed by atoms with Crippen molar-refractivity contribution in [1.29, 1.82) is 0 Å². The highest BCUT2D eigenvalue weighted by atomic mass is 16.3. The van der Waals surface area contributed by atoms with Crippen molar-refractivity contribution in [2.45, 2.75) is 64.9 Å². The molecule has 0 aliphatic heterocycles. The third kappa shape index (κ3) is 2.52. The van der Waals surface area contributed by atoms with Gasteiger partial charge < -0.3 is 5.11 Å². The smallest absolute Gasteiger partial charge is 0.113 e. The summed E-state index contributed by atoms with van der Waals surface area (Å²) in [7, 11) is 0. The SMILES string of the molecule is CC(C)(C)c1ccc2c(c1)C(C)(O)c1cc(C(C)(C)C)ccc1-2. The van der Waals surface area contributed by atoms with E-state index >= 15 is 0 Å². The van der Waals surface area contributed by atoms with Crippen molar-refractivity contribution in [3.8, 4) is 11.1 Å². The maximum Gasteiger partial charge on any atom is 0.113 e. The lowest BCUT2D eigenvalue weighted by molar-refractivity contribution is 0.107. The summed E-state index contributed by atoms with van der Waals surface area (Å²) in [5.74, 6) is 0. The van der Waals surface area contributed by atoms with Gasteiger partial charge in [0.15, 0.2) is 0 Å². The molecule has 0 saturated carbocycles. The predicted octanol–water partition coefficient (Wildman–Crippen LogP) is 5.52. The fourth-order valence-electron chi connectivity index (χ4n) is 3.44. The molecule has 0 bridgehead atoms. The first-order chi connectivity index (χ1) is 10.4. The molecule has 0 saturated heterocycles. The van der Waals surface area contributed by atoms with Gasteiger partial charge in [-0.3, -0.25) is 0 Å². The molecule has 23 heavy (non-hydrogen) atoms. The van der Waals surface area contributed by atoms with Gasteiger partial charge >= 0.3 is 0 Å². The van der Waals surface area contributed by atoms with E-state index in [0.29, 0.717) is 0 Å². The van der Waals surface area contributed by atoms with Crippen LogP contribution in [0.3, 0.4) is 0 Å². The minimum absolute atomic E-state index is 0.0798. The van der Waals surface area contributed by atoms with Gasteiger partial charge in [0, 0.05) is 0 Å². The Bertz CT molecular complexity index is 702. The molecule has 1 nitrogen and oxygen atoms in total. The fourth-order valence-corrected chi connectivity index (χ4v) is 3.44. The van der Waals surface area contributed by atoms with Gasteiger partial charge in [0.2, 0.25) is 0 Å². The standard InChI is InChI=1S/C22H28O/c1-20(2,3)14-8-10-16-17-11-9-15(21(4,5)6)13-19(17)22(7,23)18(16)12-14/h8-13,23H,1-7H3. The summed E-state index contributed by atoms with van der Waals surface area (Å²) in [6.07, 6.45) is 0. The van der Waals surface area contributed by atoms with Gasteiger partial charge in [0.05, 0.1) is 0 Å². The average molecular weight is 308 g/mol. The predicted molar refractivity (Wildman–Crippen MR) is 98.0 cm³/mol. The second-order valence-corrected chi connectivity index (χ2v) is 9.09. The quantitative estimate of drug-likeness (QED) is 0.679. The summed E-state index contributed by atoms with van der Waals surface area (Å²) >= 11 is 0. The normalized spacial score (nSPS) is 16.2. The number of hydrogen-bond donors (Lipinski definition) is 1. The molecule has 0 unspecified atom stereocenters. The molecule has 2 aromatic carbocycles. The van der Waals surface area contributed by atoms with Crippen molar-refractivity contribution in [3.05, 3.63) is 58.7 Å². The molecule has 0 spiro atoms. The van der Waals surface area contributed by atoms with Crippen molar-refractivity contribution >= 4 is 0 Å². The molecule has 3 rings (SSSR count). The van der Waals surface area contributed by atoms with Crippen molar-refractivity contribution < 1.29 is 5.11 Å². The highest BCUT2D eigenvalue weighted by Gasteiger charge is 2.38. The molecule has 0 aromatic heterocycles. The van der Waals surface area contributed by atoms with Crippen LogP contribution in [0, 0.1) is 0 Å². The molecule has 0 heterocycles. The van der Waals surface area contributed by atoms with E-state index in [-0.39, 0.29) is 10.8 Å². The Kier molecular flexibility index (Phi) is 3.33. The zero-order valence-electron chi connectivity index (χ0n) is 15.4. The number of fused-ring (bicyclic) bond motifs is 3. The molecule has 0 atom stereocenters. The van der Waals surface area contributed by atoms with E-state index in [0.717, 1.165) is 11.1 Å². The summed E-state index contributed by atoms with van der Waals surface area (Å²) in [5.41, 5.74) is 6.16. The van der Waals surface area contributed by atoms with Gasteiger partial charge in [-0.25, -0.2) is 0 Å². The molecule has 1 aliphatic carbocycles. The van der Waals surface area contributed by atoms with Crippen LogP contribution in [0.1, 0.15) is 70.7 Å². The summed E-state index contributed by atoms with van der Waals surface area (Å²) in [6.45, 7) is 15.2. The number of aliphatic hydroxyl groups is 1. The average Bonchev–Trinajstić information content (AvgIpc) is 2.65. The van der Waals surface area contributed by atoms with E-state index in [1.165, 1.54) is 22.3 Å². The highest BCUT2D eigenvalue weighted by molar-refractivity contribution is 5.80. The minimum Gasteiger partial charge on any atom is -0.381 e. The van der Waals surface area contributed by atoms with Crippen LogP contribution in [-0.4, -0.2) is 5.11 Å². The first kappa shape index (κ1) is 16.3. The third-order valence-electron chi connectivity index (χ3n) is 5.11. The first-order valence-corrected chi connectivity index (χ1v) is 8.45. The number of hydrogen-bond acceptors (Lipinski definition) is 1. The Balaban J connectivity index is 2.22. The van der Waals surface area contributed by atoms with Crippen LogP contribution in [0.4, 0.5) is 0 Å². The molecule has 1 heteroatoms. The van der Waals surface area contributed by atoms with E-state index in [2.05, 4.69) is 77.9 Å². The number of benzene rings is 2. The summed E-state index contributed by atoms with van der Waals surface area (Å²) in [6, 6.07) is 13.1. The monoisotopic (exact) mass is 308 g/mol. The Morgan fingerprint density at radius 3 is 1.35 bits per heavy atom. The van der Waals surface area contributed by atoms with E-state index in [4.69, 9.17) is 0 Å². The summed E-state index contributed by atoms with van der Waals surface area (Å²) in [5, 5.41) is 11.3. The summed E-state index contributed by atoms with van der Waals surface area (Å²) in [4.78, 5) is 0. The Labute approximate surface area is 140 Å². The van der Waals surface area contributed by atoms with Gasteiger partial charge in [0.25, 0.3) is 0 Å². The zero-order chi connectivity index (χ0) is 17.2. The highest BCUT2D eigenvalue weighted by Crippen LogP contribution is 2.49. The molecule has 0 amide bonds. The van der Waals surface area contributed by atoms with Crippen LogP contribution in [0.25, 0.3) is 11.1 Å². The summed E-state index contributed by atoms with van der Waals surface area (Å²) < 4.78 is 0. The zero-order valence-corrected chi connectivity index (χ0v) is 15.4. The van der Waals surface area contributed by atoms with Gasteiger partial charge in [0.1, 0.15) is 5.60 Å². The van der Waals surface area contributed by atoms with E-state index in [9.17, 15) is 5.11 Å². The fraction of sp³-hybridized carbons (Fsp3) is 0.455. The molecular formula is C22H28O. The topological polar surface area (TPSA) is 20.2 Å². The molecule has 2 aromatic rings. The first-order valence-electron chi connectivity index (χ1n) is 8.45. The van der Waals surface area contributed by atoms with Gasteiger partial charge in [-0.15, -0.1) is 0 Å². The Morgan fingerprint density at radius 1 is 0.696 bits per heavy atom. The van der Waals surface area contributed by atoms with Crippen molar-refractivity contribution in [2.75, 3.05) is 0 Å². The van der Waals surface area contributed by atoms with Crippen LogP contribution in [-0.2, 0) is 16.4 Å². The lowest BCUT2D eigenvalue weighted by atomic mass is 9.82. The maximum absolute atomic E-state index is 11.3. The van der Waals surface area contributed by atoms with Crippen LogP contribution < -0.4 is 0 Å². The Hall–Kier alpha value is -1.60. The van der Waals surface area contributed by atoms with Crippen LogP contribution in [0.15, 0.2) is 36.4 Å². The molecule has 1 N–H and O–H groups in total. The van der Waals surface area contributed by atoms with Crippen LogP contribution >= 0.6 is 0 Å². The molecule has 122 valence electrons. The minimum atomic E-state index is -0.923. The van der Waals surface area contributed by atoms with Gasteiger partial charge in [-0.2, -0.15) is 0 Å². The molecule has 0 radical (unpaired) electrons. The Morgan fingerprint density at radius 2 is 1.04 bits per heavy atom. The van der Waals surface area contributed by atoms with E-state index in [1.54, 1.807) is 0 Å².